The molecule has 0 saturated carbocycles. The zero-order valence-corrected chi connectivity index (χ0v) is 17.4. The normalized spacial score (nSPS) is 16.2. The molecule has 1 fully saturated rings. The van der Waals surface area contributed by atoms with Crippen LogP contribution in [0.2, 0.25) is 0 Å². The van der Waals surface area contributed by atoms with E-state index in [0.717, 1.165) is 12.0 Å². The highest BCUT2D eigenvalue weighted by Crippen LogP contribution is 2.29. The van der Waals surface area contributed by atoms with E-state index >= 15 is 0 Å². The van der Waals surface area contributed by atoms with Gasteiger partial charge in [0.1, 0.15) is 11.6 Å². The Balaban J connectivity index is 1.65. The zero-order chi connectivity index (χ0) is 22.0. The largest absolute Gasteiger partial charge is 0.496 e. The van der Waals surface area contributed by atoms with Crippen molar-refractivity contribution in [2.45, 2.75) is 12.8 Å². The number of anilines is 1. The summed E-state index contributed by atoms with van der Waals surface area (Å²) in [5, 5.41) is 0. The van der Waals surface area contributed by atoms with Crippen LogP contribution in [0, 0.1) is 11.7 Å². The maximum atomic E-state index is 13.8. The molecule has 1 saturated heterocycles. The number of piperidine rings is 1. The topological polar surface area (TPSA) is 77.3 Å². The number of hydrogen-bond acceptors (Lipinski definition) is 6. The summed E-state index contributed by atoms with van der Waals surface area (Å²) in [6, 6.07) is 9.04. The number of halogens is 1. The summed E-state index contributed by atoms with van der Waals surface area (Å²) >= 11 is 0. The quantitative estimate of drug-likeness (QED) is 0.588. The lowest BCUT2D eigenvalue weighted by atomic mass is 9.89. The van der Waals surface area contributed by atoms with Crippen molar-refractivity contribution in [2.24, 2.45) is 13.0 Å². The van der Waals surface area contributed by atoms with Crippen molar-refractivity contribution in [3.8, 4) is 17.0 Å². The van der Waals surface area contributed by atoms with Gasteiger partial charge < -0.3 is 9.64 Å². The zero-order valence-electron chi connectivity index (χ0n) is 17.4. The molecule has 4 rings (SSSR count). The van der Waals surface area contributed by atoms with Gasteiger partial charge in [0.15, 0.2) is 5.78 Å². The summed E-state index contributed by atoms with van der Waals surface area (Å²) in [6.45, 7) is 1.06. The van der Waals surface area contributed by atoms with Crippen LogP contribution in [0.15, 0.2) is 53.6 Å². The Labute approximate surface area is 179 Å². The molecule has 0 spiro atoms. The van der Waals surface area contributed by atoms with Gasteiger partial charge in [-0.05, 0) is 43.2 Å². The third-order valence-electron chi connectivity index (χ3n) is 5.59. The molecular formula is C23H23FN4O3. The summed E-state index contributed by atoms with van der Waals surface area (Å²) in [7, 11) is 3.13. The molecule has 31 heavy (non-hydrogen) atoms. The summed E-state index contributed by atoms with van der Waals surface area (Å²) < 4.78 is 20.5. The van der Waals surface area contributed by atoms with Crippen LogP contribution in [0.4, 0.5) is 10.3 Å². The van der Waals surface area contributed by atoms with E-state index in [1.54, 1.807) is 31.6 Å². The van der Waals surface area contributed by atoms with Crippen LogP contribution in [0.5, 0.6) is 5.75 Å². The summed E-state index contributed by atoms with van der Waals surface area (Å²) in [5.74, 6) is -0.148. The van der Waals surface area contributed by atoms with Crippen molar-refractivity contribution in [3.63, 3.8) is 0 Å². The number of methoxy groups -OCH3 is 1. The van der Waals surface area contributed by atoms with Gasteiger partial charge in [0.25, 0.3) is 5.56 Å². The highest BCUT2D eigenvalue weighted by atomic mass is 19.1. The van der Waals surface area contributed by atoms with E-state index < -0.39 is 5.82 Å². The van der Waals surface area contributed by atoms with E-state index in [4.69, 9.17) is 9.72 Å². The molecule has 8 heteroatoms. The highest BCUT2D eigenvalue weighted by molar-refractivity contribution is 6.00. The number of pyridine rings is 1. The van der Waals surface area contributed by atoms with E-state index in [-0.39, 0.29) is 22.8 Å². The second-order valence-electron chi connectivity index (χ2n) is 7.57. The SMILES string of the molecule is COc1ccc(F)cc1C(=O)C1CCCN(c2nc(-c3ccncc3)cc(=O)n2C)C1. The summed E-state index contributed by atoms with van der Waals surface area (Å²) in [5.41, 5.74) is 1.41. The average Bonchev–Trinajstić information content (AvgIpc) is 2.81. The van der Waals surface area contributed by atoms with Crippen LogP contribution in [0.25, 0.3) is 11.3 Å². The predicted molar refractivity (Wildman–Crippen MR) is 115 cm³/mol. The van der Waals surface area contributed by atoms with Gasteiger partial charge in [-0.3, -0.25) is 19.1 Å². The number of aromatic nitrogens is 3. The highest BCUT2D eigenvalue weighted by Gasteiger charge is 2.30. The Morgan fingerprint density at radius 2 is 1.97 bits per heavy atom. The Hall–Kier alpha value is -3.55. The van der Waals surface area contributed by atoms with Crippen molar-refractivity contribution in [1.29, 1.82) is 0 Å². The van der Waals surface area contributed by atoms with Crippen LogP contribution < -0.4 is 15.2 Å². The standard InChI is InChI=1S/C23H23FN4O3/c1-27-21(29)13-19(15-7-9-25-10-8-15)26-23(27)28-11-3-4-16(14-28)22(30)18-12-17(24)5-6-20(18)31-2/h5-10,12-13,16H,3-4,11,14H2,1-2H3. The first-order valence-electron chi connectivity index (χ1n) is 10.1. The number of benzene rings is 1. The van der Waals surface area contributed by atoms with Gasteiger partial charge in [0.05, 0.1) is 18.4 Å². The molecule has 1 aliphatic heterocycles. The summed E-state index contributed by atoms with van der Waals surface area (Å²) in [6.07, 6.45) is 4.72. The number of Topliss-reactive ketones (excluding diaryl/α,β-unsaturated/α-hetero) is 1. The van der Waals surface area contributed by atoms with Crippen molar-refractivity contribution in [3.05, 3.63) is 70.5 Å². The Morgan fingerprint density at radius 3 is 2.71 bits per heavy atom. The van der Waals surface area contributed by atoms with Crippen molar-refractivity contribution >= 4 is 11.7 Å². The van der Waals surface area contributed by atoms with Crippen LogP contribution in [-0.2, 0) is 7.05 Å². The fourth-order valence-electron chi connectivity index (χ4n) is 3.95. The second kappa shape index (κ2) is 8.67. The maximum Gasteiger partial charge on any atom is 0.255 e. The van der Waals surface area contributed by atoms with Gasteiger partial charge in [0, 0.05) is 50.1 Å². The third-order valence-corrected chi connectivity index (χ3v) is 5.59. The number of hydrogen-bond donors (Lipinski definition) is 0. The number of ketones is 1. The fourth-order valence-corrected chi connectivity index (χ4v) is 3.95. The molecule has 1 unspecified atom stereocenters. The van der Waals surface area contributed by atoms with Crippen LogP contribution >= 0.6 is 0 Å². The van der Waals surface area contributed by atoms with Gasteiger partial charge in [0.2, 0.25) is 5.95 Å². The minimum absolute atomic E-state index is 0.170. The van der Waals surface area contributed by atoms with Gasteiger partial charge >= 0.3 is 0 Å². The predicted octanol–water partition coefficient (Wildman–Crippen LogP) is 3.09. The maximum absolute atomic E-state index is 13.8. The number of nitrogens with zero attached hydrogens (tertiary/aromatic N) is 4. The van der Waals surface area contributed by atoms with Crippen molar-refractivity contribution < 1.29 is 13.9 Å². The molecule has 1 aromatic carbocycles. The fraction of sp³-hybridized carbons (Fsp3) is 0.304. The molecule has 0 aliphatic carbocycles. The molecule has 0 N–H and O–H groups in total. The first-order chi connectivity index (χ1) is 15.0. The average molecular weight is 422 g/mol. The monoisotopic (exact) mass is 422 g/mol. The first-order valence-corrected chi connectivity index (χ1v) is 10.1. The summed E-state index contributed by atoms with van der Waals surface area (Å²) in [4.78, 5) is 36.4. The molecule has 3 heterocycles. The molecule has 0 amide bonds. The molecule has 1 aliphatic rings. The number of ether oxygens (including phenoxy) is 1. The van der Waals surface area contributed by atoms with Crippen LogP contribution in [0.1, 0.15) is 23.2 Å². The van der Waals surface area contributed by atoms with E-state index in [9.17, 15) is 14.0 Å². The molecule has 1 atom stereocenters. The molecule has 0 radical (unpaired) electrons. The molecule has 0 bridgehead atoms. The van der Waals surface area contributed by atoms with E-state index in [1.807, 2.05) is 4.90 Å². The van der Waals surface area contributed by atoms with Crippen molar-refractivity contribution in [2.75, 3.05) is 25.1 Å². The molecule has 7 nitrogen and oxygen atoms in total. The molecular weight excluding hydrogens is 399 g/mol. The van der Waals surface area contributed by atoms with Gasteiger partial charge in [-0.25, -0.2) is 9.37 Å². The molecule has 2 aromatic heterocycles. The lowest BCUT2D eigenvalue weighted by molar-refractivity contribution is 0.0903. The smallest absolute Gasteiger partial charge is 0.255 e. The molecule has 3 aromatic rings. The number of carbonyl (C=O) groups excluding carboxylic acids is 1. The van der Waals surface area contributed by atoms with E-state index in [2.05, 4.69) is 4.98 Å². The van der Waals surface area contributed by atoms with Gasteiger partial charge in [-0.2, -0.15) is 0 Å². The lowest BCUT2D eigenvalue weighted by Crippen LogP contribution is -2.42. The van der Waals surface area contributed by atoms with Crippen molar-refractivity contribution in [1.82, 2.24) is 14.5 Å². The number of rotatable bonds is 5. The van der Waals surface area contributed by atoms with Gasteiger partial charge in [-0.1, -0.05) is 0 Å². The minimum Gasteiger partial charge on any atom is -0.496 e. The third kappa shape index (κ3) is 4.19. The lowest BCUT2D eigenvalue weighted by Gasteiger charge is -2.33. The van der Waals surface area contributed by atoms with Gasteiger partial charge in [-0.15, -0.1) is 0 Å². The first kappa shape index (κ1) is 20.7. The second-order valence-corrected chi connectivity index (χ2v) is 7.57. The molecule has 160 valence electrons. The minimum atomic E-state index is -0.481. The Bertz CT molecular complexity index is 1160. The van der Waals surface area contributed by atoms with E-state index in [0.29, 0.717) is 36.9 Å². The number of carbonyl (C=O) groups is 1. The Morgan fingerprint density at radius 1 is 1.19 bits per heavy atom. The van der Waals surface area contributed by atoms with Crippen LogP contribution in [-0.4, -0.2) is 40.5 Å². The van der Waals surface area contributed by atoms with E-state index in [1.165, 1.54) is 35.9 Å². The Kier molecular flexibility index (Phi) is 5.79. The van der Waals surface area contributed by atoms with Crippen LogP contribution in [0.3, 0.4) is 0 Å².